The van der Waals surface area contributed by atoms with Gasteiger partial charge in [-0.25, -0.2) is 15.0 Å². The number of nitrogens with one attached hydrogen (secondary N) is 1. The zero-order valence-corrected chi connectivity index (χ0v) is 13.9. The van der Waals surface area contributed by atoms with Gasteiger partial charge in [-0.2, -0.15) is 0 Å². The van der Waals surface area contributed by atoms with E-state index in [9.17, 15) is 4.79 Å². The van der Waals surface area contributed by atoms with Crippen molar-refractivity contribution in [2.24, 2.45) is 0 Å². The Morgan fingerprint density at radius 2 is 1.92 bits per heavy atom. The molecule has 122 valence electrons. The second-order valence-electron chi connectivity index (χ2n) is 5.28. The predicted molar refractivity (Wildman–Crippen MR) is 96.1 cm³/mol. The van der Waals surface area contributed by atoms with Crippen LogP contribution >= 0.6 is 11.3 Å². The maximum Gasteiger partial charge on any atom is 0.272 e. The molecule has 3 heterocycles. The van der Waals surface area contributed by atoms with Crippen LogP contribution in [-0.2, 0) is 6.54 Å². The Morgan fingerprint density at radius 3 is 2.76 bits per heavy atom. The monoisotopic (exact) mass is 347 g/mol. The van der Waals surface area contributed by atoms with Gasteiger partial charge in [0.2, 0.25) is 0 Å². The molecule has 4 aromatic rings. The highest BCUT2D eigenvalue weighted by Gasteiger charge is 2.18. The highest BCUT2D eigenvalue weighted by atomic mass is 32.1. The van der Waals surface area contributed by atoms with Crippen LogP contribution in [0.25, 0.3) is 20.9 Å². The van der Waals surface area contributed by atoms with Crippen molar-refractivity contribution >= 4 is 27.5 Å². The fourth-order valence-corrected chi connectivity index (χ4v) is 3.37. The lowest BCUT2D eigenvalue weighted by Crippen LogP contribution is -2.24. The molecule has 0 aliphatic carbocycles. The molecule has 3 aromatic heterocycles. The summed E-state index contributed by atoms with van der Waals surface area (Å²) in [7, 11) is 0. The summed E-state index contributed by atoms with van der Waals surface area (Å²) in [6.07, 6.45) is 6.49. The Hall–Kier alpha value is -3.19. The van der Waals surface area contributed by atoms with E-state index in [2.05, 4.69) is 25.3 Å². The molecule has 0 fully saturated rings. The first-order chi connectivity index (χ1) is 12.3. The minimum absolute atomic E-state index is 0.269. The average Bonchev–Trinajstić information content (AvgIpc) is 3.11. The standard InChI is InChI=1S/C18H13N5OS/c24-17(22-11-12-4-3-7-19-10-12)15-16(21-9-8-20-15)18-23-13-5-1-2-6-14(13)25-18/h1-10H,11H2,(H,22,24). The zero-order valence-electron chi connectivity index (χ0n) is 13.1. The van der Waals surface area contributed by atoms with E-state index in [1.807, 2.05) is 36.4 Å². The number of para-hydroxylation sites is 1. The Balaban J connectivity index is 1.63. The Kier molecular flexibility index (Phi) is 4.14. The molecule has 0 unspecified atom stereocenters. The fourth-order valence-electron chi connectivity index (χ4n) is 2.40. The zero-order chi connectivity index (χ0) is 17.1. The largest absolute Gasteiger partial charge is 0.346 e. The maximum absolute atomic E-state index is 12.6. The van der Waals surface area contributed by atoms with Crippen molar-refractivity contribution in [1.82, 2.24) is 25.3 Å². The van der Waals surface area contributed by atoms with E-state index in [1.54, 1.807) is 18.6 Å². The summed E-state index contributed by atoms with van der Waals surface area (Å²) < 4.78 is 1.05. The quantitative estimate of drug-likeness (QED) is 0.613. The van der Waals surface area contributed by atoms with Gasteiger partial charge in [-0.1, -0.05) is 18.2 Å². The molecule has 0 bridgehead atoms. The summed E-state index contributed by atoms with van der Waals surface area (Å²) in [6, 6.07) is 11.6. The SMILES string of the molecule is O=C(NCc1cccnc1)c1nccnc1-c1nc2ccccc2s1. The van der Waals surface area contributed by atoms with Crippen LogP contribution in [0.3, 0.4) is 0 Å². The van der Waals surface area contributed by atoms with Crippen molar-refractivity contribution in [3.63, 3.8) is 0 Å². The molecule has 0 spiro atoms. The molecule has 0 saturated heterocycles. The molecular formula is C18H13N5OS. The number of rotatable bonds is 4. The van der Waals surface area contributed by atoms with Crippen molar-refractivity contribution in [2.75, 3.05) is 0 Å². The van der Waals surface area contributed by atoms with Crippen molar-refractivity contribution < 1.29 is 4.79 Å². The number of hydrogen-bond acceptors (Lipinski definition) is 6. The van der Waals surface area contributed by atoms with Crippen LogP contribution < -0.4 is 5.32 Å². The summed E-state index contributed by atoms with van der Waals surface area (Å²) in [5.41, 5.74) is 2.56. The third-order valence-corrected chi connectivity index (χ3v) is 4.63. The van der Waals surface area contributed by atoms with Gasteiger partial charge in [-0.3, -0.25) is 9.78 Å². The predicted octanol–water partition coefficient (Wildman–Crippen LogP) is 3.08. The molecule has 1 N–H and O–H groups in total. The summed E-state index contributed by atoms with van der Waals surface area (Å²) >= 11 is 1.49. The van der Waals surface area contributed by atoms with Gasteiger partial charge in [0.05, 0.1) is 10.2 Å². The van der Waals surface area contributed by atoms with Gasteiger partial charge in [-0.05, 0) is 23.8 Å². The van der Waals surface area contributed by atoms with E-state index >= 15 is 0 Å². The Morgan fingerprint density at radius 1 is 1.04 bits per heavy atom. The van der Waals surface area contributed by atoms with Crippen molar-refractivity contribution in [3.05, 3.63) is 72.4 Å². The van der Waals surface area contributed by atoms with Crippen molar-refractivity contribution in [2.45, 2.75) is 6.54 Å². The first kappa shape index (κ1) is 15.3. The van der Waals surface area contributed by atoms with Crippen LogP contribution in [0.5, 0.6) is 0 Å². The van der Waals surface area contributed by atoms with E-state index in [1.165, 1.54) is 17.5 Å². The van der Waals surface area contributed by atoms with Gasteiger partial charge in [0.25, 0.3) is 5.91 Å². The number of carbonyl (C=O) groups is 1. The Bertz CT molecular complexity index is 999. The van der Waals surface area contributed by atoms with E-state index in [0.29, 0.717) is 17.2 Å². The van der Waals surface area contributed by atoms with Gasteiger partial charge in [0.15, 0.2) is 5.69 Å². The fraction of sp³-hybridized carbons (Fsp3) is 0.0556. The van der Waals surface area contributed by atoms with Crippen LogP contribution in [-0.4, -0.2) is 25.8 Å². The van der Waals surface area contributed by atoms with E-state index in [4.69, 9.17) is 0 Å². The number of nitrogens with zero attached hydrogens (tertiary/aromatic N) is 4. The van der Waals surface area contributed by atoms with E-state index in [-0.39, 0.29) is 11.6 Å². The lowest BCUT2D eigenvalue weighted by Gasteiger charge is -2.06. The summed E-state index contributed by atoms with van der Waals surface area (Å²) in [5, 5.41) is 3.54. The molecule has 1 amide bonds. The topological polar surface area (TPSA) is 80.7 Å². The first-order valence-electron chi connectivity index (χ1n) is 7.65. The summed E-state index contributed by atoms with van der Waals surface area (Å²) in [5.74, 6) is -0.286. The number of carbonyl (C=O) groups excluding carboxylic acids is 1. The number of thiazole rings is 1. The van der Waals surface area contributed by atoms with Gasteiger partial charge >= 0.3 is 0 Å². The summed E-state index contributed by atoms with van der Waals surface area (Å²) in [4.78, 5) is 29.7. The van der Waals surface area contributed by atoms with Crippen molar-refractivity contribution in [1.29, 1.82) is 0 Å². The molecule has 0 saturated carbocycles. The Labute approximate surface area is 147 Å². The van der Waals surface area contributed by atoms with Crippen LogP contribution in [0.4, 0.5) is 0 Å². The lowest BCUT2D eigenvalue weighted by molar-refractivity contribution is 0.0946. The molecule has 1 aromatic carbocycles. The second kappa shape index (κ2) is 6.74. The maximum atomic E-state index is 12.6. The molecule has 4 rings (SSSR count). The average molecular weight is 347 g/mol. The minimum atomic E-state index is -0.286. The normalized spacial score (nSPS) is 10.7. The van der Waals surface area contributed by atoms with Gasteiger partial charge in [-0.15, -0.1) is 11.3 Å². The second-order valence-corrected chi connectivity index (χ2v) is 6.31. The number of fused-ring (bicyclic) bond motifs is 1. The number of benzene rings is 1. The molecular weight excluding hydrogens is 334 g/mol. The molecule has 6 nitrogen and oxygen atoms in total. The van der Waals surface area contributed by atoms with Crippen LogP contribution in [0, 0.1) is 0 Å². The van der Waals surface area contributed by atoms with Gasteiger partial charge in [0, 0.05) is 31.3 Å². The molecule has 7 heteroatoms. The molecule has 0 aliphatic heterocycles. The summed E-state index contributed by atoms with van der Waals surface area (Å²) in [6.45, 7) is 0.378. The number of hydrogen-bond donors (Lipinski definition) is 1. The molecule has 0 atom stereocenters. The third-order valence-electron chi connectivity index (χ3n) is 3.59. The highest BCUT2D eigenvalue weighted by Crippen LogP contribution is 2.29. The number of amides is 1. The third kappa shape index (κ3) is 3.22. The van der Waals surface area contributed by atoms with Crippen LogP contribution in [0.2, 0.25) is 0 Å². The first-order valence-corrected chi connectivity index (χ1v) is 8.47. The minimum Gasteiger partial charge on any atom is -0.346 e. The van der Waals surface area contributed by atoms with Crippen molar-refractivity contribution in [3.8, 4) is 10.7 Å². The molecule has 0 radical (unpaired) electrons. The van der Waals surface area contributed by atoms with Crippen LogP contribution in [0.15, 0.2) is 61.2 Å². The highest BCUT2D eigenvalue weighted by molar-refractivity contribution is 7.21. The molecule has 0 aliphatic rings. The van der Waals surface area contributed by atoms with Crippen LogP contribution in [0.1, 0.15) is 16.1 Å². The number of aromatic nitrogens is 4. The van der Waals surface area contributed by atoms with E-state index < -0.39 is 0 Å². The smallest absolute Gasteiger partial charge is 0.272 e. The van der Waals surface area contributed by atoms with E-state index in [0.717, 1.165) is 15.8 Å². The molecule has 25 heavy (non-hydrogen) atoms. The van der Waals surface area contributed by atoms with Gasteiger partial charge in [0.1, 0.15) is 10.7 Å². The lowest BCUT2D eigenvalue weighted by atomic mass is 10.2. The number of pyridine rings is 1. The van der Waals surface area contributed by atoms with Gasteiger partial charge < -0.3 is 5.32 Å².